The Balaban J connectivity index is 2.28. The minimum Gasteiger partial charge on any atom is -0.462 e. The van der Waals surface area contributed by atoms with Crippen LogP contribution < -0.4 is 0 Å². The molecular formula is C45H81O11P. The number of epoxide rings is 1. The third-order valence-electron chi connectivity index (χ3n) is 9.88. The second-order valence-electron chi connectivity index (χ2n) is 15.9. The highest BCUT2D eigenvalue weighted by atomic mass is 31.2. The van der Waals surface area contributed by atoms with Crippen LogP contribution >= 0.6 is 7.82 Å². The number of phosphoric acid groups is 1. The summed E-state index contributed by atoms with van der Waals surface area (Å²) in [6.45, 7) is 4.61. The fourth-order valence-electron chi connectivity index (χ4n) is 6.27. The van der Waals surface area contributed by atoms with Gasteiger partial charge in [0, 0.05) is 12.8 Å². The zero-order valence-electron chi connectivity index (χ0n) is 35.9. The van der Waals surface area contributed by atoms with Gasteiger partial charge in [0.25, 0.3) is 0 Å². The summed E-state index contributed by atoms with van der Waals surface area (Å²) in [5, 5.41) is 18.4. The van der Waals surface area contributed by atoms with Gasteiger partial charge in [-0.2, -0.15) is 0 Å². The molecule has 12 heteroatoms. The van der Waals surface area contributed by atoms with Gasteiger partial charge in [-0.25, -0.2) is 4.57 Å². The van der Waals surface area contributed by atoms with Crippen molar-refractivity contribution in [2.45, 2.75) is 206 Å². The third kappa shape index (κ3) is 34.7. The number of phosphoric ester groups is 1. The molecule has 1 aliphatic rings. The minimum absolute atomic E-state index is 0.101. The first-order valence-corrected chi connectivity index (χ1v) is 23.9. The number of unbranched alkanes of at least 4 members (excludes halogenated alkanes) is 16. The molecule has 57 heavy (non-hydrogen) atoms. The van der Waals surface area contributed by atoms with Crippen LogP contribution in [0.2, 0.25) is 0 Å². The van der Waals surface area contributed by atoms with Crippen LogP contribution in [0.1, 0.15) is 181 Å². The Hall–Kier alpha value is -1.85. The smallest absolute Gasteiger partial charge is 0.462 e. The first-order valence-electron chi connectivity index (χ1n) is 22.4. The molecule has 1 fully saturated rings. The first kappa shape index (κ1) is 53.2. The first-order chi connectivity index (χ1) is 27.6. The van der Waals surface area contributed by atoms with Crippen molar-refractivity contribution < 1.29 is 52.5 Å². The Bertz CT molecular complexity index is 1120. The number of rotatable bonds is 40. The van der Waals surface area contributed by atoms with Crippen LogP contribution in [0.3, 0.4) is 0 Å². The maximum atomic E-state index is 12.6. The standard InChI is InChI=1S/C45H81O11P/c1-4-5-6-7-8-14-18-21-26-31-42-43(56-42)32-27-23-24-29-34-45(49)55-41(38-54-57(50,51)53-36-40(47)35-46)37-52-44(48)33-28-22-19-16-13-11-9-10-12-15-17-20-25-30-39(2)3/h8,14,21,23,26-27,39-43,46-47H,4-7,9-13,15-20,22,24-25,28-38H2,1-3H3,(H,50,51)/b14-8-,26-21-,27-23-/t40-,41+,42?,43?/m0/s1. The molecule has 1 heterocycles. The van der Waals surface area contributed by atoms with E-state index in [2.05, 4.69) is 55.7 Å². The van der Waals surface area contributed by atoms with Crippen molar-refractivity contribution in [1.29, 1.82) is 0 Å². The zero-order chi connectivity index (χ0) is 41.8. The van der Waals surface area contributed by atoms with Gasteiger partial charge in [0.1, 0.15) is 12.7 Å². The highest BCUT2D eigenvalue weighted by Gasteiger charge is 2.36. The van der Waals surface area contributed by atoms with E-state index in [1.165, 1.54) is 83.5 Å². The molecule has 0 saturated carbocycles. The van der Waals surface area contributed by atoms with Crippen LogP contribution in [0.5, 0.6) is 0 Å². The minimum atomic E-state index is -4.64. The zero-order valence-corrected chi connectivity index (χ0v) is 36.8. The van der Waals surface area contributed by atoms with Crippen molar-refractivity contribution in [2.75, 3.05) is 26.4 Å². The quantitative estimate of drug-likeness (QED) is 0.0177. The molecule has 1 saturated heterocycles. The van der Waals surface area contributed by atoms with Gasteiger partial charge >= 0.3 is 19.8 Å². The average Bonchev–Trinajstić information content (AvgIpc) is 3.94. The normalized spacial score (nSPS) is 17.8. The second-order valence-corrected chi connectivity index (χ2v) is 17.4. The van der Waals surface area contributed by atoms with Gasteiger partial charge < -0.3 is 29.3 Å². The van der Waals surface area contributed by atoms with Crippen LogP contribution in [0.25, 0.3) is 0 Å². The molecule has 5 atom stereocenters. The summed E-state index contributed by atoms with van der Waals surface area (Å²) in [7, 11) is -4.64. The van der Waals surface area contributed by atoms with Crippen LogP contribution in [-0.4, -0.2) is 77.9 Å². The molecule has 1 aliphatic heterocycles. The molecule has 3 N–H and O–H groups in total. The van der Waals surface area contributed by atoms with E-state index in [1.54, 1.807) is 0 Å². The molecule has 0 aromatic heterocycles. The number of aliphatic hydroxyl groups is 2. The van der Waals surface area contributed by atoms with E-state index in [1.807, 2.05) is 6.08 Å². The molecule has 0 radical (unpaired) electrons. The van der Waals surface area contributed by atoms with Gasteiger partial charge in [-0.05, 0) is 57.3 Å². The van der Waals surface area contributed by atoms with Crippen molar-refractivity contribution in [3.05, 3.63) is 36.5 Å². The van der Waals surface area contributed by atoms with E-state index >= 15 is 0 Å². The van der Waals surface area contributed by atoms with Crippen LogP contribution in [-0.2, 0) is 37.4 Å². The van der Waals surface area contributed by atoms with Gasteiger partial charge in [0.15, 0.2) is 6.10 Å². The molecular weight excluding hydrogens is 747 g/mol. The van der Waals surface area contributed by atoms with Crippen molar-refractivity contribution >= 4 is 19.8 Å². The van der Waals surface area contributed by atoms with E-state index < -0.39 is 51.8 Å². The molecule has 3 unspecified atom stereocenters. The molecule has 0 bridgehead atoms. The van der Waals surface area contributed by atoms with Crippen LogP contribution in [0.4, 0.5) is 0 Å². The van der Waals surface area contributed by atoms with E-state index in [9.17, 15) is 24.2 Å². The third-order valence-corrected chi connectivity index (χ3v) is 10.8. The molecule has 0 amide bonds. The lowest BCUT2D eigenvalue weighted by Gasteiger charge is -2.20. The number of hydrogen-bond acceptors (Lipinski definition) is 10. The Morgan fingerprint density at radius 3 is 1.81 bits per heavy atom. The maximum absolute atomic E-state index is 12.6. The van der Waals surface area contributed by atoms with Gasteiger partial charge in [-0.15, -0.1) is 0 Å². The monoisotopic (exact) mass is 829 g/mol. The molecule has 0 aromatic rings. The fourth-order valence-corrected chi connectivity index (χ4v) is 7.06. The molecule has 0 spiro atoms. The summed E-state index contributed by atoms with van der Waals surface area (Å²) in [4.78, 5) is 35.1. The van der Waals surface area contributed by atoms with Gasteiger partial charge in [0.05, 0.1) is 32.0 Å². The lowest BCUT2D eigenvalue weighted by molar-refractivity contribution is -0.161. The predicted molar refractivity (Wildman–Crippen MR) is 228 cm³/mol. The van der Waals surface area contributed by atoms with Gasteiger partial charge in [-0.3, -0.25) is 18.6 Å². The Labute approximate surface area is 346 Å². The van der Waals surface area contributed by atoms with Crippen molar-refractivity contribution in [1.82, 2.24) is 0 Å². The molecule has 0 aliphatic carbocycles. The topological polar surface area (TPSA) is 161 Å². The lowest BCUT2D eigenvalue weighted by atomic mass is 10.0. The average molecular weight is 829 g/mol. The molecule has 332 valence electrons. The molecule has 0 aromatic carbocycles. The number of carbonyl (C=O) groups is 2. The number of hydrogen-bond donors (Lipinski definition) is 3. The fraction of sp³-hybridized carbons (Fsp3) is 0.822. The Kier molecular flexibility index (Phi) is 33.6. The van der Waals surface area contributed by atoms with E-state index in [0.717, 1.165) is 50.9 Å². The van der Waals surface area contributed by atoms with E-state index in [-0.39, 0.29) is 31.7 Å². The largest absolute Gasteiger partial charge is 0.472 e. The number of aliphatic hydroxyl groups excluding tert-OH is 2. The maximum Gasteiger partial charge on any atom is 0.472 e. The van der Waals surface area contributed by atoms with Crippen LogP contribution in [0.15, 0.2) is 36.5 Å². The summed E-state index contributed by atoms with van der Waals surface area (Å²) in [5.41, 5.74) is 0. The highest BCUT2D eigenvalue weighted by Crippen LogP contribution is 2.43. The Morgan fingerprint density at radius 2 is 1.19 bits per heavy atom. The Morgan fingerprint density at radius 1 is 0.667 bits per heavy atom. The predicted octanol–water partition coefficient (Wildman–Crippen LogP) is 10.8. The molecule has 11 nitrogen and oxygen atoms in total. The summed E-state index contributed by atoms with van der Waals surface area (Å²) >= 11 is 0. The van der Waals surface area contributed by atoms with Gasteiger partial charge in [-0.1, -0.05) is 154 Å². The van der Waals surface area contributed by atoms with Crippen molar-refractivity contribution in [3.8, 4) is 0 Å². The summed E-state index contributed by atoms with van der Waals surface area (Å²) in [5.74, 6) is -0.181. The number of carbonyl (C=O) groups excluding carboxylic acids is 2. The molecule has 1 rings (SSSR count). The second kappa shape index (κ2) is 36.0. The summed E-state index contributed by atoms with van der Waals surface area (Å²) < 4.78 is 38.5. The number of allylic oxidation sites excluding steroid dienone is 4. The highest BCUT2D eigenvalue weighted by molar-refractivity contribution is 7.47. The summed E-state index contributed by atoms with van der Waals surface area (Å²) in [6.07, 6.45) is 37.1. The lowest BCUT2D eigenvalue weighted by Crippen LogP contribution is -2.29. The van der Waals surface area contributed by atoms with Gasteiger partial charge in [0.2, 0.25) is 0 Å². The van der Waals surface area contributed by atoms with Crippen molar-refractivity contribution in [2.24, 2.45) is 5.92 Å². The number of ether oxygens (including phenoxy) is 3. The SMILES string of the molecule is CCCCC/C=C\C/C=C\CC1OC1C/C=C\CCCC(=O)O[C@H](COC(=O)CCCCCCCCCCCCCCCC(C)C)COP(=O)(O)OC[C@@H](O)CO. The van der Waals surface area contributed by atoms with E-state index in [0.29, 0.717) is 19.3 Å². The summed E-state index contributed by atoms with van der Waals surface area (Å²) in [6, 6.07) is 0. The van der Waals surface area contributed by atoms with E-state index in [4.69, 9.17) is 23.8 Å². The van der Waals surface area contributed by atoms with Crippen molar-refractivity contribution in [3.63, 3.8) is 0 Å². The number of esters is 2. The van der Waals surface area contributed by atoms with Crippen LogP contribution in [0, 0.1) is 5.92 Å².